The number of Topliss-reactive ketones (excluding diaryl/α,β-unsaturated/α-hetero) is 1. The van der Waals surface area contributed by atoms with E-state index in [1.54, 1.807) is 12.7 Å². The molecule has 1 aliphatic heterocycles. The van der Waals surface area contributed by atoms with Crippen molar-refractivity contribution in [2.45, 2.75) is 19.8 Å². The van der Waals surface area contributed by atoms with Crippen LogP contribution in [0.4, 0.5) is 11.5 Å². The lowest BCUT2D eigenvalue weighted by Crippen LogP contribution is -2.16. The van der Waals surface area contributed by atoms with Gasteiger partial charge in [-0.25, -0.2) is 15.0 Å². The van der Waals surface area contributed by atoms with Crippen LogP contribution in [-0.2, 0) is 23.0 Å². The third kappa shape index (κ3) is 4.75. The first-order chi connectivity index (χ1) is 18.0. The molecule has 0 saturated carbocycles. The predicted molar refractivity (Wildman–Crippen MR) is 142 cm³/mol. The summed E-state index contributed by atoms with van der Waals surface area (Å²) < 4.78 is 13.5. The summed E-state index contributed by atoms with van der Waals surface area (Å²) >= 11 is 0. The number of hydrogen-bond donors (Lipinski definition) is 1. The highest BCUT2D eigenvalue weighted by atomic mass is 16.5. The van der Waals surface area contributed by atoms with Crippen LogP contribution in [0.3, 0.4) is 0 Å². The molecule has 6 rings (SSSR count). The highest BCUT2D eigenvalue weighted by molar-refractivity contribution is 5.92. The number of carbonyl (C=O) groups excluding carboxylic acids is 1. The van der Waals surface area contributed by atoms with Crippen molar-refractivity contribution in [2.24, 2.45) is 13.0 Å². The molecule has 8 nitrogen and oxygen atoms in total. The van der Waals surface area contributed by atoms with Crippen LogP contribution in [0.25, 0.3) is 21.9 Å². The summed E-state index contributed by atoms with van der Waals surface area (Å²) in [6, 6.07) is 17.7. The minimum atomic E-state index is -0.00473. The van der Waals surface area contributed by atoms with Gasteiger partial charge >= 0.3 is 0 Å². The standard InChI is InChI=1S/C29H27N5O3/c1-18-11-21(4-8-28(18)37-22-5-7-26-25(14-22)32-17-34(26)2)33-29-23-12-19(3-6-24(23)30-16-31-29)13-27(35)20-9-10-36-15-20/h3-8,11-12,14,16-17,20H,9-10,13,15H2,1-2H3,(H,30,31,33). The third-order valence-corrected chi connectivity index (χ3v) is 6.83. The van der Waals surface area contributed by atoms with E-state index in [1.165, 1.54) is 0 Å². The van der Waals surface area contributed by atoms with E-state index < -0.39 is 0 Å². The topological polar surface area (TPSA) is 91.2 Å². The molecule has 186 valence electrons. The maximum atomic E-state index is 12.6. The molecule has 1 atom stereocenters. The lowest BCUT2D eigenvalue weighted by atomic mass is 9.96. The van der Waals surface area contributed by atoms with Gasteiger partial charge in [-0.05, 0) is 66.9 Å². The van der Waals surface area contributed by atoms with Crippen LogP contribution in [-0.4, -0.2) is 38.5 Å². The Labute approximate surface area is 214 Å². The number of aryl methyl sites for hydroxylation is 2. The minimum absolute atomic E-state index is 0.00473. The second kappa shape index (κ2) is 9.63. The van der Waals surface area contributed by atoms with Gasteiger partial charge in [0.25, 0.3) is 0 Å². The molecule has 0 bridgehead atoms. The second-order valence-corrected chi connectivity index (χ2v) is 9.49. The molecule has 0 spiro atoms. The summed E-state index contributed by atoms with van der Waals surface area (Å²) in [5.74, 6) is 2.41. The Morgan fingerprint density at radius 1 is 1.08 bits per heavy atom. The van der Waals surface area contributed by atoms with Gasteiger partial charge in [-0.1, -0.05) is 6.07 Å². The number of hydrogen-bond acceptors (Lipinski definition) is 7. The maximum Gasteiger partial charge on any atom is 0.142 e. The summed E-state index contributed by atoms with van der Waals surface area (Å²) in [6.45, 7) is 3.20. The van der Waals surface area contributed by atoms with Crippen LogP contribution in [0.1, 0.15) is 17.5 Å². The second-order valence-electron chi connectivity index (χ2n) is 9.49. The van der Waals surface area contributed by atoms with Crippen molar-refractivity contribution < 1.29 is 14.3 Å². The Morgan fingerprint density at radius 2 is 2.00 bits per heavy atom. The SMILES string of the molecule is Cc1cc(Nc2ncnc3ccc(CC(=O)C4CCOC4)cc23)ccc1Oc1ccc2c(c1)ncn2C. The smallest absolute Gasteiger partial charge is 0.142 e. The zero-order valence-corrected chi connectivity index (χ0v) is 20.8. The van der Waals surface area contributed by atoms with E-state index in [-0.39, 0.29) is 11.7 Å². The van der Waals surface area contributed by atoms with E-state index >= 15 is 0 Å². The van der Waals surface area contributed by atoms with Crippen LogP contribution >= 0.6 is 0 Å². The molecule has 3 aromatic carbocycles. The van der Waals surface area contributed by atoms with Crippen LogP contribution < -0.4 is 10.1 Å². The molecule has 2 aromatic heterocycles. The predicted octanol–water partition coefficient (Wildman–Crippen LogP) is 5.51. The zero-order chi connectivity index (χ0) is 25.4. The van der Waals surface area contributed by atoms with Crippen molar-refractivity contribution in [1.82, 2.24) is 19.5 Å². The van der Waals surface area contributed by atoms with Gasteiger partial charge in [-0.2, -0.15) is 0 Å². The molecule has 5 aromatic rings. The Hall–Kier alpha value is -4.30. The molecule has 1 unspecified atom stereocenters. The summed E-state index contributed by atoms with van der Waals surface area (Å²) in [7, 11) is 1.97. The normalized spacial score (nSPS) is 15.4. The van der Waals surface area contributed by atoms with Gasteiger partial charge in [0.15, 0.2) is 0 Å². The Bertz CT molecular complexity index is 1620. The van der Waals surface area contributed by atoms with E-state index in [0.29, 0.717) is 25.5 Å². The Kier molecular flexibility index (Phi) is 6.02. The number of anilines is 2. The van der Waals surface area contributed by atoms with Crippen molar-refractivity contribution in [1.29, 1.82) is 0 Å². The van der Waals surface area contributed by atoms with E-state index in [0.717, 1.165) is 56.7 Å². The summed E-state index contributed by atoms with van der Waals surface area (Å²) in [4.78, 5) is 25.9. The minimum Gasteiger partial charge on any atom is -0.457 e. The zero-order valence-electron chi connectivity index (χ0n) is 20.8. The van der Waals surface area contributed by atoms with Gasteiger partial charge in [-0.3, -0.25) is 4.79 Å². The van der Waals surface area contributed by atoms with Crippen molar-refractivity contribution in [3.8, 4) is 11.5 Å². The molecule has 3 heterocycles. The lowest BCUT2D eigenvalue weighted by molar-refractivity contribution is -0.122. The first-order valence-electron chi connectivity index (χ1n) is 12.3. The van der Waals surface area contributed by atoms with Gasteiger partial charge < -0.3 is 19.4 Å². The molecule has 1 N–H and O–H groups in total. The number of nitrogens with zero attached hydrogens (tertiary/aromatic N) is 4. The third-order valence-electron chi connectivity index (χ3n) is 6.83. The first-order valence-corrected chi connectivity index (χ1v) is 12.3. The molecule has 1 saturated heterocycles. The van der Waals surface area contributed by atoms with Crippen molar-refractivity contribution >= 4 is 39.2 Å². The van der Waals surface area contributed by atoms with E-state index in [9.17, 15) is 4.79 Å². The number of nitrogens with one attached hydrogen (secondary N) is 1. The monoisotopic (exact) mass is 493 g/mol. The van der Waals surface area contributed by atoms with Crippen molar-refractivity contribution in [3.63, 3.8) is 0 Å². The van der Waals surface area contributed by atoms with Crippen LogP contribution in [0.5, 0.6) is 11.5 Å². The molecule has 0 aliphatic carbocycles. The number of rotatable bonds is 7. The van der Waals surface area contributed by atoms with Crippen LogP contribution in [0.15, 0.2) is 67.3 Å². The highest BCUT2D eigenvalue weighted by Gasteiger charge is 2.23. The Balaban J connectivity index is 1.21. The van der Waals surface area contributed by atoms with Gasteiger partial charge in [-0.15, -0.1) is 0 Å². The molecule has 37 heavy (non-hydrogen) atoms. The molecular formula is C29H27N5O3. The molecule has 1 fully saturated rings. The molecule has 0 radical (unpaired) electrons. The van der Waals surface area contributed by atoms with Crippen molar-refractivity contribution in [2.75, 3.05) is 18.5 Å². The van der Waals surface area contributed by atoms with E-state index in [1.807, 2.05) is 73.1 Å². The largest absolute Gasteiger partial charge is 0.457 e. The van der Waals surface area contributed by atoms with Gasteiger partial charge in [0.05, 0.1) is 29.5 Å². The number of fused-ring (bicyclic) bond motifs is 2. The average molecular weight is 494 g/mol. The lowest BCUT2D eigenvalue weighted by Gasteiger charge is -2.13. The summed E-state index contributed by atoms with van der Waals surface area (Å²) in [5, 5.41) is 4.29. The van der Waals surface area contributed by atoms with E-state index in [2.05, 4.69) is 20.3 Å². The van der Waals surface area contributed by atoms with Crippen LogP contribution in [0.2, 0.25) is 0 Å². The number of aromatic nitrogens is 4. The fourth-order valence-electron chi connectivity index (χ4n) is 4.73. The van der Waals surface area contributed by atoms with Crippen molar-refractivity contribution in [3.05, 3.63) is 78.4 Å². The molecular weight excluding hydrogens is 466 g/mol. The number of ketones is 1. The number of imidazole rings is 1. The fourth-order valence-corrected chi connectivity index (χ4v) is 4.73. The highest BCUT2D eigenvalue weighted by Crippen LogP contribution is 2.31. The van der Waals surface area contributed by atoms with Crippen LogP contribution in [0, 0.1) is 12.8 Å². The molecule has 0 amide bonds. The molecule has 1 aliphatic rings. The van der Waals surface area contributed by atoms with Gasteiger partial charge in [0.2, 0.25) is 0 Å². The number of carbonyl (C=O) groups is 1. The number of benzene rings is 3. The number of ether oxygens (including phenoxy) is 2. The Morgan fingerprint density at radius 3 is 2.84 bits per heavy atom. The fraction of sp³-hybridized carbons (Fsp3) is 0.241. The first kappa shape index (κ1) is 23.1. The molecule has 8 heteroatoms. The average Bonchev–Trinajstić information content (AvgIpc) is 3.57. The van der Waals surface area contributed by atoms with Gasteiger partial charge in [0.1, 0.15) is 29.4 Å². The summed E-state index contributed by atoms with van der Waals surface area (Å²) in [6.07, 6.45) is 4.53. The maximum absolute atomic E-state index is 12.6. The quantitative estimate of drug-likeness (QED) is 0.320. The van der Waals surface area contributed by atoms with Gasteiger partial charge in [0, 0.05) is 43.1 Å². The summed E-state index contributed by atoms with van der Waals surface area (Å²) in [5.41, 5.74) is 5.58. The van der Waals surface area contributed by atoms with E-state index in [4.69, 9.17) is 9.47 Å².